The van der Waals surface area contributed by atoms with E-state index < -0.39 is 65.6 Å². The van der Waals surface area contributed by atoms with Crippen LogP contribution < -0.4 is 0 Å². The molecule has 3 aromatic rings. The van der Waals surface area contributed by atoms with Gasteiger partial charge in [-0.2, -0.15) is 0 Å². The summed E-state index contributed by atoms with van der Waals surface area (Å²) in [6, 6.07) is 14.2. The van der Waals surface area contributed by atoms with E-state index in [9.17, 15) is 24.3 Å². The molecule has 1 aromatic heterocycles. The summed E-state index contributed by atoms with van der Waals surface area (Å²) in [5, 5.41) is 19.1. The lowest BCUT2D eigenvalue weighted by molar-refractivity contribution is -0.164. The largest absolute Gasteiger partial charge is 0.455 e. The Kier molecular flexibility index (Phi) is 9.04. The molecule has 13 nitrogen and oxygen atoms in total. The summed E-state index contributed by atoms with van der Waals surface area (Å²) in [5.41, 5.74) is 0.624. The van der Waals surface area contributed by atoms with E-state index in [0.717, 1.165) is 5.52 Å². The maximum Gasteiger partial charge on any atom is 0.313 e. The summed E-state index contributed by atoms with van der Waals surface area (Å²) in [4.78, 5) is 62.0. The lowest BCUT2D eigenvalue weighted by atomic mass is 9.74. The van der Waals surface area contributed by atoms with Gasteiger partial charge in [0.25, 0.3) is 5.91 Å². The van der Waals surface area contributed by atoms with Crippen LogP contribution in [0.2, 0.25) is 0 Å². The molecule has 2 aromatic carbocycles. The van der Waals surface area contributed by atoms with Crippen molar-refractivity contribution in [3.63, 3.8) is 0 Å². The van der Waals surface area contributed by atoms with Crippen molar-refractivity contribution in [3.05, 3.63) is 84.5 Å². The number of aliphatic hydroxyl groups excluding tert-OH is 1. The van der Waals surface area contributed by atoms with Gasteiger partial charge in [0.05, 0.1) is 36.2 Å². The number of ether oxygens (including phenoxy) is 2. The molecule has 2 saturated heterocycles. The molecule has 13 heteroatoms. The van der Waals surface area contributed by atoms with E-state index in [1.54, 1.807) is 33.7 Å². The fourth-order valence-electron chi connectivity index (χ4n) is 7.96. The molecule has 1 N–H and O–H groups in total. The highest BCUT2D eigenvalue weighted by atomic mass is 16.6. The summed E-state index contributed by atoms with van der Waals surface area (Å²) in [6.07, 6.45) is 6.53. The van der Waals surface area contributed by atoms with Gasteiger partial charge in [-0.15, -0.1) is 5.10 Å². The van der Waals surface area contributed by atoms with Crippen LogP contribution in [-0.2, 0) is 35.3 Å². The van der Waals surface area contributed by atoms with E-state index in [2.05, 4.69) is 10.3 Å². The van der Waals surface area contributed by atoms with Crippen molar-refractivity contribution in [3.8, 4) is 0 Å². The van der Waals surface area contributed by atoms with Crippen LogP contribution in [-0.4, -0.2) is 109 Å². The number of hydrogen-bond donors (Lipinski definition) is 1. The molecular formula is C37H42N6O7. The van der Waals surface area contributed by atoms with Gasteiger partial charge in [-0.3, -0.25) is 19.2 Å². The number of nitrogens with zero attached hydrogens (tertiary/aromatic N) is 6. The second-order valence-corrected chi connectivity index (χ2v) is 13.5. The van der Waals surface area contributed by atoms with E-state index in [1.165, 1.54) is 4.90 Å². The fraction of sp³-hybridized carbons (Fsp3) is 0.459. The molecule has 4 aliphatic rings. The quantitative estimate of drug-likeness (QED) is 0.306. The predicted molar refractivity (Wildman–Crippen MR) is 181 cm³/mol. The predicted octanol–water partition coefficient (Wildman–Crippen LogP) is 2.62. The maximum atomic E-state index is 15.0. The SMILES string of the molecule is CC[C@@H](CO)N1C(=O)[C@H]2[C@@H]3C(=O)O[C@H](c4ccccc4)[C@@H](C)N(C)C(=O)CC/C=C\CN(Cn4nnc5ccccc54)C(=O)[C@H]1[C@@]21C=C[C@@H]3O1. The minimum atomic E-state index is -1.47. The molecule has 4 aliphatic heterocycles. The molecule has 50 heavy (non-hydrogen) atoms. The van der Waals surface area contributed by atoms with Gasteiger partial charge in [-0.05, 0) is 37.5 Å². The summed E-state index contributed by atoms with van der Waals surface area (Å²) >= 11 is 0. The van der Waals surface area contributed by atoms with Gasteiger partial charge in [0, 0.05) is 20.0 Å². The standard InChI is InChI=1S/C37H42N6O7/c1-4-25(21-44)43-33-35(47)41(22-42-27-16-11-10-15-26(27)38-39-42)20-12-6-9-17-29(45)40(3)23(2)32(24-13-7-5-8-14-24)49-36(48)30-28-18-19-37(33,50-28)31(30)34(43)46/h5-8,10-16,18-19,23,25,28,30-33,44H,4,9,17,20-22H2,1-3H3/b12-6-/t23-,25+,28+,30-,31-,32+,33+,37-/m1/s1. The second kappa shape index (κ2) is 13.4. The van der Waals surface area contributed by atoms with E-state index in [1.807, 2.05) is 80.6 Å². The Bertz CT molecular complexity index is 1840. The van der Waals surface area contributed by atoms with Crippen molar-refractivity contribution >= 4 is 34.7 Å². The molecule has 0 radical (unpaired) electrons. The van der Waals surface area contributed by atoms with Crippen LogP contribution in [0.3, 0.4) is 0 Å². The van der Waals surface area contributed by atoms with Crippen LogP contribution in [0.1, 0.15) is 44.8 Å². The number of hydrogen-bond acceptors (Lipinski definition) is 9. The summed E-state index contributed by atoms with van der Waals surface area (Å²) in [5.74, 6) is -3.76. The normalized spacial score (nSPS) is 31.4. The first-order valence-electron chi connectivity index (χ1n) is 17.2. The minimum Gasteiger partial charge on any atom is -0.455 e. The smallest absolute Gasteiger partial charge is 0.313 e. The third kappa shape index (κ3) is 5.48. The monoisotopic (exact) mass is 682 g/mol. The molecular weight excluding hydrogens is 640 g/mol. The Morgan fingerprint density at radius 3 is 2.54 bits per heavy atom. The number of benzene rings is 2. The number of likely N-dealkylation sites (N-methyl/N-ethyl adjacent to an activating group) is 1. The summed E-state index contributed by atoms with van der Waals surface area (Å²) < 4.78 is 14.5. The Morgan fingerprint density at radius 1 is 1.02 bits per heavy atom. The highest BCUT2D eigenvalue weighted by Crippen LogP contribution is 2.56. The molecule has 0 aliphatic carbocycles. The third-order valence-electron chi connectivity index (χ3n) is 10.8. The van der Waals surface area contributed by atoms with E-state index in [-0.39, 0.29) is 32.1 Å². The number of likely N-dealkylation sites (tertiary alicyclic amines) is 1. The number of amides is 3. The zero-order valence-corrected chi connectivity index (χ0v) is 28.4. The van der Waals surface area contributed by atoms with Crippen molar-refractivity contribution in [2.45, 2.75) is 75.7 Å². The number of para-hydroxylation sites is 1. The van der Waals surface area contributed by atoms with Crippen LogP contribution >= 0.6 is 0 Å². The number of aromatic nitrogens is 3. The number of esters is 1. The first kappa shape index (κ1) is 33.6. The molecule has 7 rings (SSSR count). The van der Waals surface area contributed by atoms with E-state index in [0.29, 0.717) is 23.9 Å². The average Bonchev–Trinajstić information content (AvgIpc) is 3.89. The zero-order valence-electron chi connectivity index (χ0n) is 28.4. The number of carbonyl (C=O) groups excluding carboxylic acids is 4. The number of allylic oxidation sites excluding steroid dienone is 1. The van der Waals surface area contributed by atoms with E-state index >= 15 is 0 Å². The van der Waals surface area contributed by atoms with Crippen molar-refractivity contribution in [1.82, 2.24) is 29.7 Å². The van der Waals surface area contributed by atoms with Gasteiger partial charge in [-0.25, -0.2) is 4.68 Å². The highest BCUT2D eigenvalue weighted by molar-refractivity contribution is 5.99. The first-order valence-corrected chi connectivity index (χ1v) is 17.2. The number of cyclic esters (lactones) is 1. The van der Waals surface area contributed by atoms with Gasteiger partial charge in [0.1, 0.15) is 35.9 Å². The molecule has 0 unspecified atom stereocenters. The Balaban J connectivity index is 1.33. The van der Waals surface area contributed by atoms with E-state index in [4.69, 9.17) is 9.47 Å². The number of carbonyl (C=O) groups is 4. The summed E-state index contributed by atoms with van der Waals surface area (Å²) in [7, 11) is 1.69. The number of aliphatic hydroxyl groups is 1. The van der Waals surface area contributed by atoms with Crippen molar-refractivity contribution in [2.75, 3.05) is 20.2 Å². The van der Waals surface area contributed by atoms with Crippen LogP contribution in [0.4, 0.5) is 0 Å². The molecule has 1 spiro atoms. The topological polar surface area (TPSA) is 147 Å². The van der Waals surface area contributed by atoms with Crippen LogP contribution in [0.25, 0.3) is 11.0 Å². The number of fused-ring (bicyclic) bond motifs is 3. The molecule has 5 bridgehead atoms. The molecule has 8 atom stereocenters. The molecule has 0 saturated carbocycles. The summed E-state index contributed by atoms with van der Waals surface area (Å²) in [6.45, 7) is 3.44. The van der Waals surface area contributed by atoms with Gasteiger partial charge in [-0.1, -0.05) is 78.9 Å². The average molecular weight is 683 g/mol. The Labute approximate surface area is 290 Å². The van der Waals surface area contributed by atoms with Crippen molar-refractivity contribution in [2.24, 2.45) is 11.8 Å². The maximum absolute atomic E-state index is 15.0. The van der Waals surface area contributed by atoms with Crippen LogP contribution in [0.15, 0.2) is 78.9 Å². The van der Waals surface area contributed by atoms with Gasteiger partial charge < -0.3 is 29.3 Å². The third-order valence-corrected chi connectivity index (χ3v) is 10.8. The second-order valence-electron chi connectivity index (χ2n) is 13.5. The lowest BCUT2D eigenvalue weighted by Crippen LogP contribution is -2.58. The van der Waals surface area contributed by atoms with Gasteiger partial charge >= 0.3 is 5.97 Å². The zero-order chi connectivity index (χ0) is 35.2. The Morgan fingerprint density at radius 2 is 1.78 bits per heavy atom. The van der Waals surface area contributed by atoms with Crippen LogP contribution in [0.5, 0.6) is 0 Å². The minimum absolute atomic E-state index is 0.00936. The fourth-order valence-corrected chi connectivity index (χ4v) is 7.96. The lowest BCUT2D eigenvalue weighted by Gasteiger charge is -2.38. The first-order chi connectivity index (χ1) is 24.2. The van der Waals surface area contributed by atoms with Gasteiger partial charge in [0.15, 0.2) is 0 Å². The van der Waals surface area contributed by atoms with Gasteiger partial charge in [0.2, 0.25) is 11.8 Å². The highest BCUT2D eigenvalue weighted by Gasteiger charge is 2.74. The molecule has 262 valence electrons. The number of rotatable bonds is 6. The van der Waals surface area contributed by atoms with Crippen molar-refractivity contribution < 1.29 is 33.8 Å². The Hall–Kier alpha value is -4.88. The molecule has 2 fully saturated rings. The molecule has 5 heterocycles. The van der Waals surface area contributed by atoms with Crippen molar-refractivity contribution in [1.29, 1.82) is 0 Å². The van der Waals surface area contributed by atoms with Crippen LogP contribution in [0, 0.1) is 11.8 Å². The molecule has 3 amide bonds.